The lowest BCUT2D eigenvalue weighted by molar-refractivity contribution is -0.384. The van der Waals surface area contributed by atoms with Crippen LogP contribution in [-0.2, 0) is 4.79 Å². The van der Waals surface area contributed by atoms with E-state index in [4.69, 9.17) is 11.6 Å². The van der Waals surface area contributed by atoms with Gasteiger partial charge in [0.05, 0.1) is 16.4 Å². The van der Waals surface area contributed by atoms with Gasteiger partial charge in [0, 0.05) is 11.8 Å². The number of amides is 1. The van der Waals surface area contributed by atoms with Gasteiger partial charge in [-0.05, 0) is 59.7 Å². The molecule has 3 aromatic rings. The van der Waals surface area contributed by atoms with Crippen molar-refractivity contribution < 1.29 is 9.72 Å². The zero-order chi connectivity index (χ0) is 20.3. The number of aromatic nitrogens is 4. The first-order valence-corrected chi connectivity index (χ1v) is 9.44. The normalized spacial score (nSPS) is 10.7. The Morgan fingerprint density at radius 1 is 1.25 bits per heavy atom. The fraction of sp³-hybridized carbons (Fsp3) is 0.176. The van der Waals surface area contributed by atoms with Gasteiger partial charge in [-0.1, -0.05) is 29.4 Å². The van der Waals surface area contributed by atoms with Crippen LogP contribution in [0, 0.1) is 24.0 Å². The highest BCUT2D eigenvalue weighted by Crippen LogP contribution is 2.27. The Morgan fingerprint density at radius 3 is 2.75 bits per heavy atom. The van der Waals surface area contributed by atoms with E-state index in [2.05, 4.69) is 20.8 Å². The Bertz CT molecular complexity index is 1060. The second kappa shape index (κ2) is 8.36. The van der Waals surface area contributed by atoms with Gasteiger partial charge in [0.15, 0.2) is 0 Å². The maximum absolute atomic E-state index is 12.2. The summed E-state index contributed by atoms with van der Waals surface area (Å²) in [5.41, 5.74) is 3.07. The quantitative estimate of drug-likeness (QED) is 0.369. The topological polar surface area (TPSA) is 116 Å². The number of nitrogens with one attached hydrogen (secondary N) is 1. The summed E-state index contributed by atoms with van der Waals surface area (Å²) in [6.45, 7) is 4.01. The molecule has 0 aliphatic rings. The maximum Gasteiger partial charge on any atom is 0.289 e. The number of tetrazole rings is 1. The summed E-state index contributed by atoms with van der Waals surface area (Å²) < 4.78 is 1.55. The van der Waals surface area contributed by atoms with Crippen molar-refractivity contribution in [3.63, 3.8) is 0 Å². The molecule has 0 bridgehead atoms. The average molecular weight is 419 g/mol. The molecule has 0 radical (unpaired) electrons. The van der Waals surface area contributed by atoms with Gasteiger partial charge in [-0.25, -0.2) is 0 Å². The van der Waals surface area contributed by atoms with E-state index in [1.807, 2.05) is 32.0 Å². The molecule has 11 heteroatoms. The smallest absolute Gasteiger partial charge is 0.289 e. The first kappa shape index (κ1) is 19.8. The van der Waals surface area contributed by atoms with E-state index in [1.165, 1.54) is 18.2 Å². The second-order valence-electron chi connectivity index (χ2n) is 5.90. The Morgan fingerprint density at radius 2 is 2.04 bits per heavy atom. The van der Waals surface area contributed by atoms with Crippen LogP contribution in [0.5, 0.6) is 0 Å². The third-order valence-corrected chi connectivity index (χ3v) is 5.17. The number of hydrogen-bond donors (Lipinski definition) is 1. The largest absolute Gasteiger partial charge is 0.325 e. The molecule has 144 valence electrons. The summed E-state index contributed by atoms with van der Waals surface area (Å²) in [5.74, 6) is -0.321. The summed E-state index contributed by atoms with van der Waals surface area (Å²) in [7, 11) is 0. The number of halogens is 1. The standard InChI is InChI=1S/C17H15ClN6O3S/c1-10-3-5-13(7-11(10)2)23-17(20-21-22-23)28-9-16(25)19-12-4-6-14(18)15(8-12)24(26)27/h3-8H,9H2,1-2H3,(H,19,25). The number of rotatable bonds is 6. The van der Waals surface area contributed by atoms with E-state index in [-0.39, 0.29) is 28.1 Å². The third-order valence-electron chi connectivity index (χ3n) is 3.93. The van der Waals surface area contributed by atoms with Gasteiger partial charge < -0.3 is 5.32 Å². The zero-order valence-corrected chi connectivity index (χ0v) is 16.5. The lowest BCUT2D eigenvalue weighted by Crippen LogP contribution is -2.14. The zero-order valence-electron chi connectivity index (χ0n) is 14.9. The molecule has 0 aliphatic heterocycles. The molecule has 28 heavy (non-hydrogen) atoms. The minimum absolute atomic E-state index is 0.00458. The van der Waals surface area contributed by atoms with Gasteiger partial charge in [-0.15, -0.1) is 5.10 Å². The fourth-order valence-corrected chi connectivity index (χ4v) is 3.22. The van der Waals surface area contributed by atoms with Crippen LogP contribution in [0.2, 0.25) is 5.02 Å². The Labute approximate surface area is 169 Å². The van der Waals surface area contributed by atoms with E-state index in [1.54, 1.807) is 4.68 Å². The highest BCUT2D eigenvalue weighted by atomic mass is 35.5. The SMILES string of the molecule is Cc1ccc(-n2nnnc2SCC(=O)Nc2ccc(Cl)c([N+](=O)[O-])c2)cc1C. The van der Waals surface area contributed by atoms with Gasteiger partial charge in [0.1, 0.15) is 5.02 Å². The molecule has 1 N–H and O–H groups in total. The maximum atomic E-state index is 12.2. The van der Waals surface area contributed by atoms with E-state index >= 15 is 0 Å². The third kappa shape index (κ3) is 4.46. The van der Waals surface area contributed by atoms with Gasteiger partial charge in [0.25, 0.3) is 5.69 Å². The minimum Gasteiger partial charge on any atom is -0.325 e. The summed E-state index contributed by atoms with van der Waals surface area (Å²) in [6.07, 6.45) is 0. The van der Waals surface area contributed by atoms with Crippen molar-refractivity contribution in [2.24, 2.45) is 0 Å². The van der Waals surface area contributed by atoms with Crippen LogP contribution in [-0.4, -0.2) is 36.8 Å². The predicted molar refractivity (Wildman–Crippen MR) is 106 cm³/mol. The number of nitro groups is 1. The van der Waals surface area contributed by atoms with E-state index < -0.39 is 4.92 Å². The van der Waals surface area contributed by atoms with Crippen LogP contribution in [0.15, 0.2) is 41.6 Å². The lowest BCUT2D eigenvalue weighted by Gasteiger charge is -2.07. The highest BCUT2D eigenvalue weighted by Gasteiger charge is 2.15. The minimum atomic E-state index is -0.607. The number of carbonyl (C=O) groups excluding carboxylic acids is 1. The number of hydrogen-bond acceptors (Lipinski definition) is 7. The van der Waals surface area contributed by atoms with E-state index in [0.717, 1.165) is 28.6 Å². The molecule has 2 aromatic carbocycles. The van der Waals surface area contributed by atoms with Gasteiger partial charge >= 0.3 is 0 Å². The average Bonchev–Trinajstić information content (AvgIpc) is 3.12. The predicted octanol–water partition coefficient (Wildman–Crippen LogP) is 3.57. The van der Waals surface area contributed by atoms with Crippen LogP contribution in [0.4, 0.5) is 11.4 Å². The molecule has 0 fully saturated rings. The summed E-state index contributed by atoms with van der Waals surface area (Å²) in [6, 6.07) is 9.91. The molecule has 1 aromatic heterocycles. The van der Waals surface area contributed by atoms with Crippen molar-refractivity contribution in [1.29, 1.82) is 0 Å². The molecule has 0 saturated carbocycles. The molecular formula is C17H15ClN6O3S. The van der Waals surface area contributed by atoms with Crippen molar-refractivity contribution in [3.8, 4) is 5.69 Å². The lowest BCUT2D eigenvalue weighted by atomic mass is 10.1. The van der Waals surface area contributed by atoms with E-state index in [9.17, 15) is 14.9 Å². The van der Waals surface area contributed by atoms with Gasteiger partial charge in [0.2, 0.25) is 11.1 Å². The second-order valence-corrected chi connectivity index (χ2v) is 7.25. The molecule has 0 atom stereocenters. The monoisotopic (exact) mass is 418 g/mol. The van der Waals surface area contributed by atoms with Crippen LogP contribution < -0.4 is 5.32 Å². The van der Waals surface area contributed by atoms with Crippen molar-refractivity contribution in [3.05, 3.63) is 62.7 Å². The van der Waals surface area contributed by atoms with Crippen LogP contribution in [0.1, 0.15) is 11.1 Å². The Balaban J connectivity index is 1.68. The van der Waals surface area contributed by atoms with E-state index in [0.29, 0.717) is 5.16 Å². The van der Waals surface area contributed by atoms with Gasteiger partial charge in [-0.3, -0.25) is 14.9 Å². The number of thioether (sulfide) groups is 1. The van der Waals surface area contributed by atoms with Crippen molar-refractivity contribution >= 4 is 40.6 Å². The number of anilines is 1. The van der Waals surface area contributed by atoms with Crippen LogP contribution in [0.3, 0.4) is 0 Å². The number of aryl methyl sites for hydroxylation is 2. The summed E-state index contributed by atoms with van der Waals surface area (Å²) >= 11 is 6.92. The number of nitrogens with zero attached hydrogens (tertiary/aromatic N) is 5. The number of nitro benzene ring substituents is 1. The first-order chi connectivity index (χ1) is 13.3. The molecule has 3 rings (SSSR count). The molecule has 0 aliphatic carbocycles. The Hall–Kier alpha value is -2.98. The van der Waals surface area contributed by atoms with Crippen molar-refractivity contribution in [2.75, 3.05) is 11.1 Å². The number of benzene rings is 2. The first-order valence-electron chi connectivity index (χ1n) is 8.08. The van der Waals surface area contributed by atoms with Crippen molar-refractivity contribution in [2.45, 2.75) is 19.0 Å². The summed E-state index contributed by atoms with van der Waals surface area (Å²) in [5, 5.41) is 25.6. The molecule has 1 heterocycles. The van der Waals surface area contributed by atoms with Crippen LogP contribution >= 0.6 is 23.4 Å². The Kier molecular flexibility index (Phi) is 5.90. The molecule has 0 spiro atoms. The molecule has 0 unspecified atom stereocenters. The van der Waals surface area contributed by atoms with Gasteiger partial charge in [-0.2, -0.15) is 4.68 Å². The molecular weight excluding hydrogens is 404 g/mol. The molecule has 9 nitrogen and oxygen atoms in total. The summed E-state index contributed by atoms with van der Waals surface area (Å²) in [4.78, 5) is 22.5. The van der Waals surface area contributed by atoms with Crippen molar-refractivity contribution in [1.82, 2.24) is 20.2 Å². The molecule has 0 saturated heterocycles. The number of carbonyl (C=O) groups is 1. The highest BCUT2D eigenvalue weighted by molar-refractivity contribution is 7.99. The fourth-order valence-electron chi connectivity index (χ4n) is 2.35. The van der Waals surface area contributed by atoms with Crippen LogP contribution in [0.25, 0.3) is 5.69 Å². The molecule has 1 amide bonds.